The minimum absolute atomic E-state index is 0.0803. The van der Waals surface area contributed by atoms with Crippen molar-refractivity contribution in [3.63, 3.8) is 0 Å². The Morgan fingerprint density at radius 3 is 2.45 bits per heavy atom. The maximum Gasteiger partial charge on any atom is 0.387 e. The highest BCUT2D eigenvalue weighted by molar-refractivity contribution is 5.95. The van der Waals surface area contributed by atoms with Gasteiger partial charge in [-0.2, -0.15) is 8.78 Å². The number of carbonyl (C=O) groups excluding carboxylic acids is 2. The highest BCUT2D eigenvalue weighted by Gasteiger charge is 2.21. The molecular weight excluding hydrogens is 378 g/mol. The van der Waals surface area contributed by atoms with E-state index in [1.807, 2.05) is 24.3 Å². The van der Waals surface area contributed by atoms with Crippen molar-refractivity contribution in [2.24, 2.45) is 0 Å². The van der Waals surface area contributed by atoms with Crippen LogP contribution in [0.2, 0.25) is 0 Å². The van der Waals surface area contributed by atoms with E-state index in [1.54, 1.807) is 30.2 Å². The van der Waals surface area contributed by atoms with Crippen molar-refractivity contribution >= 4 is 23.6 Å². The van der Waals surface area contributed by atoms with Gasteiger partial charge in [0.2, 0.25) is 11.8 Å². The molecule has 7 heteroatoms. The fraction of sp³-hybridized carbons (Fsp3) is 0.273. The zero-order valence-electron chi connectivity index (χ0n) is 16.1. The van der Waals surface area contributed by atoms with Crippen molar-refractivity contribution < 1.29 is 23.1 Å². The molecule has 29 heavy (non-hydrogen) atoms. The highest BCUT2D eigenvalue weighted by Crippen LogP contribution is 2.22. The number of carbonyl (C=O) groups is 2. The van der Waals surface area contributed by atoms with Crippen molar-refractivity contribution in [1.29, 1.82) is 0 Å². The lowest BCUT2D eigenvalue weighted by Crippen LogP contribution is -2.24. The number of hydrogen-bond acceptors (Lipinski definition) is 3. The SMILES string of the molecule is CN(Cc1ccc(OC(F)F)cc1)C(=O)/C=C/c1ccc(N2CCCC2=O)cc1. The van der Waals surface area contributed by atoms with E-state index in [4.69, 9.17) is 0 Å². The third-order valence-electron chi connectivity index (χ3n) is 4.64. The molecule has 1 aliphatic rings. The second-order valence-corrected chi connectivity index (χ2v) is 6.79. The monoisotopic (exact) mass is 400 g/mol. The largest absolute Gasteiger partial charge is 0.435 e. The average molecular weight is 400 g/mol. The van der Waals surface area contributed by atoms with Crippen molar-refractivity contribution in [3.05, 3.63) is 65.7 Å². The predicted molar refractivity (Wildman–Crippen MR) is 107 cm³/mol. The molecule has 0 spiro atoms. The molecule has 0 aromatic heterocycles. The van der Waals surface area contributed by atoms with Crippen LogP contribution >= 0.6 is 0 Å². The third kappa shape index (κ3) is 5.63. The Labute approximate surface area is 168 Å². The summed E-state index contributed by atoms with van der Waals surface area (Å²) in [6, 6.07) is 13.7. The van der Waals surface area contributed by atoms with Gasteiger partial charge in [-0.05, 0) is 47.9 Å². The number of alkyl halides is 2. The summed E-state index contributed by atoms with van der Waals surface area (Å²) in [6.07, 6.45) is 4.66. The van der Waals surface area contributed by atoms with Crippen molar-refractivity contribution in [1.82, 2.24) is 4.90 Å². The van der Waals surface area contributed by atoms with E-state index in [0.717, 1.165) is 29.8 Å². The number of hydrogen-bond donors (Lipinski definition) is 0. The number of nitrogens with zero attached hydrogens (tertiary/aromatic N) is 2. The topological polar surface area (TPSA) is 49.9 Å². The van der Waals surface area contributed by atoms with Crippen LogP contribution in [0, 0.1) is 0 Å². The Morgan fingerprint density at radius 2 is 1.86 bits per heavy atom. The van der Waals surface area contributed by atoms with E-state index in [1.165, 1.54) is 23.1 Å². The lowest BCUT2D eigenvalue weighted by Gasteiger charge is -2.16. The quantitative estimate of drug-likeness (QED) is 0.658. The van der Waals surface area contributed by atoms with E-state index in [9.17, 15) is 18.4 Å². The van der Waals surface area contributed by atoms with Gasteiger partial charge in [0.1, 0.15) is 5.75 Å². The van der Waals surface area contributed by atoms with Gasteiger partial charge in [-0.25, -0.2) is 0 Å². The van der Waals surface area contributed by atoms with Gasteiger partial charge in [-0.15, -0.1) is 0 Å². The standard InChI is InChI=1S/C22H22F2N2O3/c1-25(15-17-6-11-19(12-7-17)29-22(23)24)20(27)13-8-16-4-9-18(10-5-16)26-14-2-3-21(26)28/h4-13,22H,2-3,14-15H2,1H3/b13-8+. The number of likely N-dealkylation sites (N-methyl/N-ethyl adjacent to an activating group) is 1. The summed E-state index contributed by atoms with van der Waals surface area (Å²) in [4.78, 5) is 27.4. The highest BCUT2D eigenvalue weighted by atomic mass is 19.3. The Kier molecular flexibility index (Phi) is 6.59. The number of benzene rings is 2. The van der Waals surface area contributed by atoms with Gasteiger partial charge in [0.05, 0.1) is 0 Å². The van der Waals surface area contributed by atoms with Gasteiger partial charge < -0.3 is 14.5 Å². The van der Waals surface area contributed by atoms with E-state index in [-0.39, 0.29) is 17.6 Å². The predicted octanol–water partition coefficient (Wildman–Crippen LogP) is 4.09. The molecule has 1 saturated heterocycles. The number of ether oxygens (including phenoxy) is 1. The summed E-state index contributed by atoms with van der Waals surface area (Å²) in [6.45, 7) is -1.78. The van der Waals surface area contributed by atoms with Gasteiger partial charge in [0.15, 0.2) is 0 Å². The van der Waals surface area contributed by atoms with Crippen molar-refractivity contribution in [3.8, 4) is 5.75 Å². The van der Waals surface area contributed by atoms with E-state index >= 15 is 0 Å². The fourth-order valence-electron chi connectivity index (χ4n) is 3.11. The summed E-state index contributed by atoms with van der Waals surface area (Å²) in [5.41, 5.74) is 2.53. The average Bonchev–Trinajstić information content (AvgIpc) is 3.13. The van der Waals surface area contributed by atoms with Crippen LogP contribution in [0.15, 0.2) is 54.6 Å². The van der Waals surface area contributed by atoms with Gasteiger partial charge >= 0.3 is 6.61 Å². The summed E-state index contributed by atoms with van der Waals surface area (Å²) in [5.74, 6) is 0.0345. The summed E-state index contributed by atoms with van der Waals surface area (Å²) < 4.78 is 28.7. The molecule has 0 bridgehead atoms. The molecule has 0 saturated carbocycles. The van der Waals surface area contributed by atoms with Crippen LogP contribution in [0.1, 0.15) is 24.0 Å². The normalized spacial score (nSPS) is 14.1. The Morgan fingerprint density at radius 1 is 1.17 bits per heavy atom. The van der Waals surface area contributed by atoms with E-state index < -0.39 is 6.61 Å². The zero-order chi connectivity index (χ0) is 20.8. The van der Waals surface area contributed by atoms with Crippen LogP contribution in [0.4, 0.5) is 14.5 Å². The zero-order valence-corrected chi connectivity index (χ0v) is 16.1. The van der Waals surface area contributed by atoms with Gasteiger partial charge in [-0.3, -0.25) is 9.59 Å². The fourth-order valence-corrected chi connectivity index (χ4v) is 3.11. The van der Waals surface area contributed by atoms with Crippen LogP contribution < -0.4 is 9.64 Å². The van der Waals surface area contributed by atoms with Crippen molar-refractivity contribution in [2.45, 2.75) is 26.0 Å². The number of rotatable bonds is 7. The van der Waals surface area contributed by atoms with Gasteiger partial charge in [0.25, 0.3) is 0 Å². The number of anilines is 1. The molecule has 2 amide bonds. The number of amides is 2. The summed E-state index contributed by atoms with van der Waals surface area (Å²) >= 11 is 0. The molecule has 152 valence electrons. The van der Waals surface area contributed by atoms with Gasteiger partial charge in [0, 0.05) is 38.3 Å². The second kappa shape index (κ2) is 9.32. The summed E-state index contributed by atoms with van der Waals surface area (Å²) in [5, 5.41) is 0. The van der Waals surface area contributed by atoms with Crippen LogP contribution in [0.3, 0.4) is 0 Å². The molecular formula is C22H22F2N2O3. The maximum absolute atomic E-state index is 12.3. The molecule has 0 N–H and O–H groups in total. The Balaban J connectivity index is 1.54. The Hall–Kier alpha value is -3.22. The molecule has 1 heterocycles. The molecule has 1 aliphatic heterocycles. The lowest BCUT2D eigenvalue weighted by molar-refractivity contribution is -0.125. The molecule has 1 fully saturated rings. The van der Waals surface area contributed by atoms with Crippen LogP contribution in [-0.2, 0) is 16.1 Å². The maximum atomic E-state index is 12.3. The van der Waals surface area contributed by atoms with Crippen LogP contribution in [-0.4, -0.2) is 36.9 Å². The molecule has 0 atom stereocenters. The molecule has 2 aromatic carbocycles. The first-order chi connectivity index (χ1) is 13.9. The molecule has 0 aliphatic carbocycles. The molecule has 3 rings (SSSR count). The minimum atomic E-state index is -2.86. The molecule has 2 aromatic rings. The minimum Gasteiger partial charge on any atom is -0.435 e. The third-order valence-corrected chi connectivity index (χ3v) is 4.64. The van der Waals surface area contributed by atoms with Crippen LogP contribution in [0.25, 0.3) is 6.08 Å². The first kappa shape index (κ1) is 20.5. The van der Waals surface area contributed by atoms with E-state index in [0.29, 0.717) is 13.0 Å². The number of halogens is 2. The first-order valence-electron chi connectivity index (χ1n) is 9.30. The second-order valence-electron chi connectivity index (χ2n) is 6.79. The Bertz CT molecular complexity index is 880. The van der Waals surface area contributed by atoms with Crippen LogP contribution in [0.5, 0.6) is 5.75 Å². The first-order valence-corrected chi connectivity index (χ1v) is 9.30. The molecule has 5 nitrogen and oxygen atoms in total. The molecule has 0 unspecified atom stereocenters. The smallest absolute Gasteiger partial charge is 0.387 e. The summed E-state index contributed by atoms with van der Waals surface area (Å²) in [7, 11) is 1.67. The van der Waals surface area contributed by atoms with Gasteiger partial charge in [-0.1, -0.05) is 24.3 Å². The van der Waals surface area contributed by atoms with Crippen molar-refractivity contribution in [2.75, 3.05) is 18.5 Å². The lowest BCUT2D eigenvalue weighted by atomic mass is 10.1. The molecule has 0 radical (unpaired) electrons. The van der Waals surface area contributed by atoms with E-state index in [2.05, 4.69) is 4.74 Å².